The van der Waals surface area contributed by atoms with E-state index in [-0.39, 0.29) is 11.3 Å². The second kappa shape index (κ2) is 7.63. The van der Waals surface area contributed by atoms with Gasteiger partial charge in [0, 0.05) is 12.7 Å². The molecule has 0 saturated carbocycles. The van der Waals surface area contributed by atoms with Crippen LogP contribution in [0.1, 0.15) is 18.2 Å². The monoisotopic (exact) mass is 440 g/mol. The topological polar surface area (TPSA) is 79.8 Å². The average Bonchev–Trinajstić information content (AvgIpc) is 3.01. The minimum absolute atomic E-state index is 0.0913. The lowest BCUT2D eigenvalue weighted by molar-refractivity contribution is -0.112. The summed E-state index contributed by atoms with van der Waals surface area (Å²) in [4.78, 5) is 31.7. The highest BCUT2D eigenvalue weighted by Crippen LogP contribution is 2.34. The molecule has 0 radical (unpaired) electrons. The normalized spacial score (nSPS) is 11.6. The Morgan fingerprint density at radius 2 is 1.90 bits per heavy atom. The molecule has 0 spiro atoms. The van der Waals surface area contributed by atoms with Gasteiger partial charge in [0.25, 0.3) is 5.56 Å². The number of benzene rings is 2. The molecular formula is C22H18Cl2N4O2. The van der Waals surface area contributed by atoms with Crippen molar-refractivity contribution in [3.63, 3.8) is 0 Å². The van der Waals surface area contributed by atoms with Gasteiger partial charge in [-0.15, -0.1) is 0 Å². The summed E-state index contributed by atoms with van der Waals surface area (Å²) in [5, 5.41) is 5.42. The number of H-pyrrole nitrogens is 1. The Morgan fingerprint density at radius 3 is 2.57 bits per heavy atom. The van der Waals surface area contributed by atoms with Crippen LogP contribution in [0, 0.1) is 6.92 Å². The number of nitrogens with one attached hydrogen (secondary N) is 2. The molecule has 4 aromatic rings. The van der Waals surface area contributed by atoms with Crippen molar-refractivity contribution in [1.82, 2.24) is 14.5 Å². The Bertz CT molecular complexity index is 1400. The summed E-state index contributed by atoms with van der Waals surface area (Å²) < 4.78 is 1.80. The number of carbonyl (C=O) groups excluding carboxylic acids is 1. The van der Waals surface area contributed by atoms with Crippen molar-refractivity contribution >= 4 is 68.5 Å². The van der Waals surface area contributed by atoms with E-state index >= 15 is 0 Å². The molecule has 2 aromatic carbocycles. The van der Waals surface area contributed by atoms with Gasteiger partial charge in [-0.2, -0.15) is 0 Å². The molecule has 2 aromatic heterocycles. The molecule has 0 amide bonds. The molecular weight excluding hydrogens is 423 g/mol. The fourth-order valence-electron chi connectivity index (χ4n) is 3.48. The van der Waals surface area contributed by atoms with Crippen LogP contribution in [0.3, 0.4) is 0 Å². The van der Waals surface area contributed by atoms with Crippen LogP contribution >= 0.6 is 23.2 Å². The van der Waals surface area contributed by atoms with Crippen LogP contribution in [0.4, 0.5) is 11.6 Å². The Morgan fingerprint density at radius 1 is 1.20 bits per heavy atom. The molecule has 4 rings (SSSR count). The molecule has 30 heavy (non-hydrogen) atoms. The molecule has 2 N–H and O–H groups in total. The summed E-state index contributed by atoms with van der Waals surface area (Å²) in [6.07, 6.45) is 3.06. The number of fused-ring (bicyclic) bond motifs is 3. The molecule has 152 valence electrons. The van der Waals surface area contributed by atoms with Gasteiger partial charge >= 0.3 is 0 Å². The van der Waals surface area contributed by atoms with Crippen LogP contribution in [-0.2, 0) is 11.8 Å². The quantitative estimate of drug-likeness (QED) is 0.417. The number of nitrogens with zero attached hydrogens (tertiary/aromatic N) is 2. The summed E-state index contributed by atoms with van der Waals surface area (Å²) in [6, 6.07) is 8.96. The van der Waals surface area contributed by atoms with E-state index in [4.69, 9.17) is 23.2 Å². The third-order valence-corrected chi connectivity index (χ3v) is 5.63. The SMILES string of the molecule is CC(=O)/C=C/c1[nH]c(=O)c2c(ccc3nc(Nc4c(Cl)cccc4Cl)n(C)c32)c1C. The molecule has 0 saturated heterocycles. The third-order valence-electron chi connectivity index (χ3n) is 5.00. The summed E-state index contributed by atoms with van der Waals surface area (Å²) in [5.74, 6) is 0.413. The van der Waals surface area contributed by atoms with Crippen molar-refractivity contribution in [1.29, 1.82) is 0 Å². The average molecular weight is 441 g/mol. The number of hydrogen-bond donors (Lipinski definition) is 2. The number of anilines is 2. The van der Waals surface area contributed by atoms with E-state index in [2.05, 4.69) is 15.3 Å². The van der Waals surface area contributed by atoms with Gasteiger partial charge in [-0.3, -0.25) is 9.59 Å². The van der Waals surface area contributed by atoms with E-state index < -0.39 is 0 Å². The predicted molar refractivity (Wildman–Crippen MR) is 123 cm³/mol. The smallest absolute Gasteiger partial charge is 0.258 e. The summed E-state index contributed by atoms with van der Waals surface area (Å²) in [7, 11) is 1.82. The number of aromatic nitrogens is 3. The van der Waals surface area contributed by atoms with Crippen molar-refractivity contribution in [2.24, 2.45) is 7.05 Å². The lowest BCUT2D eigenvalue weighted by Crippen LogP contribution is -2.11. The van der Waals surface area contributed by atoms with Crippen molar-refractivity contribution in [3.8, 4) is 0 Å². The maximum absolute atomic E-state index is 13.0. The molecule has 0 aliphatic heterocycles. The van der Waals surface area contributed by atoms with Gasteiger partial charge in [0.2, 0.25) is 5.95 Å². The molecule has 0 fully saturated rings. The van der Waals surface area contributed by atoms with Gasteiger partial charge in [-0.1, -0.05) is 35.3 Å². The Balaban J connectivity index is 1.94. The minimum atomic E-state index is -0.255. The zero-order valence-electron chi connectivity index (χ0n) is 16.5. The number of ketones is 1. The number of allylic oxidation sites excluding steroid dienone is 1. The van der Waals surface area contributed by atoms with E-state index in [1.807, 2.05) is 26.1 Å². The Labute approximate surface area is 182 Å². The number of para-hydroxylation sites is 1. The number of pyridine rings is 1. The van der Waals surface area contributed by atoms with Gasteiger partial charge in [0.15, 0.2) is 5.78 Å². The summed E-state index contributed by atoms with van der Waals surface area (Å²) >= 11 is 12.5. The third kappa shape index (κ3) is 3.38. The van der Waals surface area contributed by atoms with E-state index in [1.165, 1.54) is 13.0 Å². The van der Waals surface area contributed by atoms with Crippen LogP contribution in [-0.4, -0.2) is 20.3 Å². The minimum Gasteiger partial charge on any atom is -0.323 e. The molecule has 0 aliphatic carbocycles. The highest BCUT2D eigenvalue weighted by Gasteiger charge is 2.17. The standard InChI is InChI=1S/C22H18Cl2N4O2/c1-11(29)7-9-16-12(2)13-8-10-17-20(18(13)21(30)25-16)28(3)22(26-17)27-19-14(23)5-4-6-15(19)24/h4-10H,1-3H3,(H,25,30)(H,26,27)/b9-7+. The van der Waals surface area contributed by atoms with Crippen molar-refractivity contribution in [3.05, 3.63) is 68.1 Å². The van der Waals surface area contributed by atoms with Gasteiger partial charge in [0.1, 0.15) is 0 Å². The maximum Gasteiger partial charge on any atom is 0.258 e. The van der Waals surface area contributed by atoms with Crippen LogP contribution in [0.2, 0.25) is 10.0 Å². The van der Waals surface area contributed by atoms with Crippen molar-refractivity contribution in [2.75, 3.05) is 5.32 Å². The fraction of sp³-hybridized carbons (Fsp3) is 0.136. The molecule has 0 bridgehead atoms. The number of halogens is 2. The van der Waals surface area contributed by atoms with Crippen molar-refractivity contribution < 1.29 is 4.79 Å². The number of carbonyl (C=O) groups is 1. The molecule has 2 heterocycles. The maximum atomic E-state index is 13.0. The second-order valence-corrected chi connectivity index (χ2v) is 7.82. The second-order valence-electron chi connectivity index (χ2n) is 7.01. The van der Waals surface area contributed by atoms with Crippen LogP contribution in [0.5, 0.6) is 0 Å². The number of rotatable bonds is 4. The molecule has 0 atom stereocenters. The Hall–Kier alpha value is -3.09. The van der Waals surface area contributed by atoms with E-state index in [1.54, 1.807) is 28.8 Å². The zero-order chi connectivity index (χ0) is 21.6. The number of aromatic amines is 1. The van der Waals surface area contributed by atoms with E-state index in [0.29, 0.717) is 43.8 Å². The highest BCUT2D eigenvalue weighted by molar-refractivity contribution is 6.39. The largest absolute Gasteiger partial charge is 0.323 e. The summed E-state index contributed by atoms with van der Waals surface area (Å²) in [6.45, 7) is 3.37. The number of aryl methyl sites for hydroxylation is 2. The van der Waals surface area contributed by atoms with Crippen LogP contribution in [0.25, 0.3) is 27.9 Å². The molecule has 0 aliphatic rings. The molecule has 6 nitrogen and oxygen atoms in total. The summed E-state index contributed by atoms with van der Waals surface area (Å²) in [5.41, 5.74) is 3.11. The van der Waals surface area contributed by atoms with Crippen LogP contribution in [0.15, 0.2) is 41.2 Å². The number of hydrogen-bond acceptors (Lipinski definition) is 4. The van der Waals surface area contributed by atoms with Gasteiger partial charge in [-0.25, -0.2) is 4.98 Å². The van der Waals surface area contributed by atoms with Gasteiger partial charge in [0.05, 0.1) is 32.2 Å². The first kappa shape index (κ1) is 20.2. The van der Waals surface area contributed by atoms with Crippen molar-refractivity contribution in [2.45, 2.75) is 13.8 Å². The lowest BCUT2D eigenvalue weighted by Gasteiger charge is -2.11. The fourth-order valence-corrected chi connectivity index (χ4v) is 3.97. The van der Waals surface area contributed by atoms with Crippen LogP contribution < -0.4 is 10.9 Å². The van der Waals surface area contributed by atoms with Gasteiger partial charge < -0.3 is 14.9 Å². The first-order chi connectivity index (χ1) is 14.3. The predicted octanol–water partition coefficient (Wildman–Crippen LogP) is 5.38. The first-order valence-corrected chi connectivity index (χ1v) is 9.95. The first-order valence-electron chi connectivity index (χ1n) is 9.19. The van der Waals surface area contributed by atoms with Gasteiger partial charge in [-0.05, 0) is 55.1 Å². The molecule has 8 heteroatoms. The van der Waals surface area contributed by atoms with E-state index in [9.17, 15) is 9.59 Å². The lowest BCUT2D eigenvalue weighted by atomic mass is 10.0. The molecule has 0 unspecified atom stereocenters. The Kier molecular flexibility index (Phi) is 5.13. The van der Waals surface area contributed by atoms with E-state index in [0.717, 1.165) is 10.9 Å². The zero-order valence-corrected chi connectivity index (χ0v) is 18.0. The highest BCUT2D eigenvalue weighted by atomic mass is 35.5. The number of imidazole rings is 1.